The molecule has 0 spiro atoms. The molecular weight excluding hydrogens is 310 g/mol. The van der Waals surface area contributed by atoms with Crippen LogP contribution in [0.3, 0.4) is 0 Å². The van der Waals surface area contributed by atoms with Crippen molar-refractivity contribution in [1.82, 2.24) is 0 Å². The summed E-state index contributed by atoms with van der Waals surface area (Å²) < 4.78 is 5.46. The second-order valence-corrected chi connectivity index (χ2v) is 6.16. The van der Waals surface area contributed by atoms with Gasteiger partial charge in [-0.05, 0) is 29.2 Å². The normalized spacial score (nSPS) is 10.7. The van der Waals surface area contributed by atoms with Gasteiger partial charge in [0.15, 0.2) is 0 Å². The molecule has 0 bridgehead atoms. The molecule has 0 saturated heterocycles. The van der Waals surface area contributed by atoms with Crippen molar-refractivity contribution in [2.75, 3.05) is 7.11 Å². The highest BCUT2D eigenvalue weighted by Crippen LogP contribution is 2.37. The maximum absolute atomic E-state index is 11.2. The van der Waals surface area contributed by atoms with Crippen molar-refractivity contribution in [2.45, 2.75) is 9.10 Å². The number of esters is 1. The van der Waals surface area contributed by atoms with E-state index in [4.69, 9.17) is 0 Å². The fraction of sp³-hybridized carbons (Fsp3) is 0.0714. The molecule has 1 aromatic heterocycles. The van der Waals surface area contributed by atoms with Gasteiger partial charge in [-0.3, -0.25) is 10.1 Å². The van der Waals surface area contributed by atoms with Crippen molar-refractivity contribution in [3.8, 4) is 0 Å². The van der Waals surface area contributed by atoms with Crippen LogP contribution in [0.1, 0.15) is 5.56 Å². The van der Waals surface area contributed by atoms with E-state index < -0.39 is 10.9 Å². The average Bonchev–Trinajstić information content (AvgIpc) is 2.98. The Morgan fingerprint density at radius 2 is 2.24 bits per heavy atom. The first-order valence-electron chi connectivity index (χ1n) is 5.86. The first-order valence-corrected chi connectivity index (χ1v) is 7.55. The Hall–Kier alpha value is -2.12. The number of thiophene rings is 1. The van der Waals surface area contributed by atoms with E-state index in [1.54, 1.807) is 12.1 Å². The molecule has 0 radical (unpaired) electrons. The first kappa shape index (κ1) is 15.3. The largest absolute Gasteiger partial charge is 0.466 e. The van der Waals surface area contributed by atoms with E-state index in [1.807, 2.05) is 17.5 Å². The molecule has 0 N–H and O–H groups in total. The summed E-state index contributed by atoms with van der Waals surface area (Å²) in [5.74, 6) is -0.505. The third-order valence-electron chi connectivity index (χ3n) is 2.50. The summed E-state index contributed by atoms with van der Waals surface area (Å²) in [5, 5.41) is 13.1. The maximum atomic E-state index is 11.2. The molecular formula is C14H11NO4S2. The van der Waals surface area contributed by atoms with Crippen LogP contribution in [0.2, 0.25) is 0 Å². The summed E-state index contributed by atoms with van der Waals surface area (Å²) in [6, 6.07) is 8.65. The van der Waals surface area contributed by atoms with E-state index in [0.29, 0.717) is 10.5 Å². The van der Waals surface area contributed by atoms with Gasteiger partial charge < -0.3 is 4.74 Å². The number of nitro benzene ring substituents is 1. The van der Waals surface area contributed by atoms with Crippen molar-refractivity contribution < 1.29 is 14.5 Å². The van der Waals surface area contributed by atoms with Crippen LogP contribution in [-0.2, 0) is 9.53 Å². The molecule has 0 saturated carbocycles. The summed E-state index contributed by atoms with van der Waals surface area (Å²) in [6.45, 7) is 0. The van der Waals surface area contributed by atoms with Gasteiger partial charge in [0.25, 0.3) is 5.69 Å². The number of methoxy groups -OCH3 is 1. The topological polar surface area (TPSA) is 69.4 Å². The second kappa shape index (κ2) is 7.05. The molecule has 0 amide bonds. The maximum Gasteiger partial charge on any atom is 0.330 e. The van der Waals surface area contributed by atoms with Crippen LogP contribution in [0.4, 0.5) is 5.69 Å². The molecule has 1 aromatic carbocycles. The first-order chi connectivity index (χ1) is 10.1. The quantitative estimate of drug-likeness (QED) is 0.360. The summed E-state index contributed by atoms with van der Waals surface area (Å²) in [4.78, 5) is 22.4. The molecule has 0 aliphatic heterocycles. The van der Waals surface area contributed by atoms with Gasteiger partial charge in [0.1, 0.15) is 0 Å². The molecule has 2 aromatic rings. The van der Waals surface area contributed by atoms with E-state index in [9.17, 15) is 14.9 Å². The Balaban J connectivity index is 2.29. The number of rotatable bonds is 5. The van der Waals surface area contributed by atoms with Gasteiger partial charge in [-0.25, -0.2) is 4.79 Å². The van der Waals surface area contributed by atoms with E-state index >= 15 is 0 Å². The molecule has 0 atom stereocenters. The SMILES string of the molecule is COC(=O)/C=C/c1ccc(Sc2cccs2)c([N+](=O)[O-])c1. The zero-order valence-electron chi connectivity index (χ0n) is 11.0. The Bertz CT molecular complexity index is 680. The minimum Gasteiger partial charge on any atom is -0.466 e. The number of carbonyl (C=O) groups is 1. The van der Waals surface area contributed by atoms with Gasteiger partial charge in [-0.15, -0.1) is 11.3 Å². The molecule has 0 fully saturated rings. The highest BCUT2D eigenvalue weighted by atomic mass is 32.2. The highest BCUT2D eigenvalue weighted by Gasteiger charge is 2.15. The van der Waals surface area contributed by atoms with Crippen molar-refractivity contribution in [3.63, 3.8) is 0 Å². The van der Waals surface area contributed by atoms with Crippen molar-refractivity contribution in [3.05, 3.63) is 57.5 Å². The monoisotopic (exact) mass is 321 g/mol. The van der Waals surface area contributed by atoms with E-state index in [-0.39, 0.29) is 5.69 Å². The van der Waals surface area contributed by atoms with Gasteiger partial charge in [0.05, 0.1) is 21.1 Å². The number of hydrogen-bond acceptors (Lipinski definition) is 6. The van der Waals surface area contributed by atoms with Crippen molar-refractivity contribution in [2.24, 2.45) is 0 Å². The average molecular weight is 321 g/mol. The molecule has 0 aliphatic rings. The third kappa shape index (κ3) is 4.17. The standard InChI is InChI=1S/C14H11NO4S2/c1-19-13(16)7-5-10-4-6-12(11(9-10)15(17)18)21-14-3-2-8-20-14/h2-9H,1H3/b7-5+. The molecule has 0 unspecified atom stereocenters. The molecule has 108 valence electrons. The van der Waals surface area contributed by atoms with Crippen molar-refractivity contribution in [1.29, 1.82) is 0 Å². The van der Waals surface area contributed by atoms with Crippen LogP contribution in [0.25, 0.3) is 6.08 Å². The van der Waals surface area contributed by atoms with Gasteiger partial charge >= 0.3 is 5.97 Å². The van der Waals surface area contributed by atoms with E-state index in [2.05, 4.69) is 4.74 Å². The Morgan fingerprint density at radius 3 is 2.86 bits per heavy atom. The van der Waals surface area contributed by atoms with Crippen LogP contribution in [-0.4, -0.2) is 18.0 Å². The van der Waals surface area contributed by atoms with Crippen LogP contribution < -0.4 is 0 Å². The minimum absolute atomic E-state index is 0.0143. The number of ether oxygens (including phenoxy) is 1. The van der Waals surface area contributed by atoms with Crippen LogP contribution in [0.5, 0.6) is 0 Å². The molecule has 21 heavy (non-hydrogen) atoms. The number of nitro groups is 1. The summed E-state index contributed by atoms with van der Waals surface area (Å²) in [7, 11) is 1.27. The molecule has 1 heterocycles. The molecule has 0 aliphatic carbocycles. The summed E-state index contributed by atoms with van der Waals surface area (Å²) in [5.41, 5.74) is 0.586. The fourth-order valence-electron chi connectivity index (χ4n) is 1.53. The second-order valence-electron chi connectivity index (χ2n) is 3.87. The lowest BCUT2D eigenvalue weighted by molar-refractivity contribution is -0.387. The van der Waals surface area contributed by atoms with Crippen LogP contribution >= 0.6 is 23.1 Å². The number of benzene rings is 1. The lowest BCUT2D eigenvalue weighted by Crippen LogP contribution is -1.94. The minimum atomic E-state index is -0.505. The molecule has 7 heteroatoms. The summed E-state index contributed by atoms with van der Waals surface area (Å²) >= 11 is 2.87. The van der Waals surface area contributed by atoms with E-state index in [1.165, 1.54) is 48.4 Å². The number of hydrogen-bond donors (Lipinski definition) is 0. The number of nitrogens with zero attached hydrogens (tertiary/aromatic N) is 1. The highest BCUT2D eigenvalue weighted by molar-refractivity contribution is 8.01. The number of carbonyl (C=O) groups excluding carboxylic acids is 1. The summed E-state index contributed by atoms with van der Waals surface area (Å²) in [6.07, 6.45) is 2.71. The Kier molecular flexibility index (Phi) is 5.13. The zero-order chi connectivity index (χ0) is 15.2. The van der Waals surface area contributed by atoms with Crippen LogP contribution in [0.15, 0.2) is 50.9 Å². The van der Waals surface area contributed by atoms with E-state index in [0.717, 1.165) is 4.21 Å². The van der Waals surface area contributed by atoms with Crippen molar-refractivity contribution >= 4 is 40.8 Å². The van der Waals surface area contributed by atoms with Crippen LogP contribution in [0, 0.1) is 10.1 Å². The van der Waals surface area contributed by atoms with Gasteiger partial charge in [0, 0.05) is 12.1 Å². The fourth-order valence-corrected chi connectivity index (χ4v) is 3.34. The predicted molar refractivity (Wildman–Crippen MR) is 82.6 cm³/mol. The lowest BCUT2D eigenvalue weighted by Gasteiger charge is -2.02. The lowest BCUT2D eigenvalue weighted by atomic mass is 10.2. The van der Waals surface area contributed by atoms with Gasteiger partial charge in [0.2, 0.25) is 0 Å². The third-order valence-corrected chi connectivity index (χ3v) is 4.60. The molecule has 5 nitrogen and oxygen atoms in total. The predicted octanol–water partition coefficient (Wildman–Crippen LogP) is 3.99. The zero-order valence-corrected chi connectivity index (χ0v) is 12.6. The Morgan fingerprint density at radius 1 is 1.43 bits per heavy atom. The van der Waals surface area contributed by atoms with Gasteiger partial charge in [-0.2, -0.15) is 0 Å². The molecule has 2 rings (SSSR count). The Labute approximate surface area is 129 Å². The smallest absolute Gasteiger partial charge is 0.330 e. The van der Waals surface area contributed by atoms with Gasteiger partial charge in [-0.1, -0.05) is 23.9 Å².